The van der Waals surface area contributed by atoms with Gasteiger partial charge in [-0.25, -0.2) is 0 Å². The van der Waals surface area contributed by atoms with Crippen LogP contribution in [0.25, 0.3) is 0 Å². The maximum absolute atomic E-state index is 11.4. The van der Waals surface area contributed by atoms with Gasteiger partial charge >= 0.3 is 0 Å². The second kappa shape index (κ2) is 27.1. The number of imide groups is 1. The molecule has 0 N–H and O–H groups in total. The molecule has 13 heteroatoms. The number of nitrogens with zero attached hydrogens (tertiary/aromatic N) is 1. The summed E-state index contributed by atoms with van der Waals surface area (Å²) in [4.78, 5) is 23.9. The molecule has 0 saturated carbocycles. The minimum Gasteiger partial charge on any atom is -0.382 e. The number of hydrogen-bond donors (Lipinski definition) is 0. The van der Waals surface area contributed by atoms with Crippen LogP contribution in [0.5, 0.6) is 0 Å². The monoisotopic (exact) mass is 551 g/mol. The Balaban J connectivity index is 1.64. The third kappa shape index (κ3) is 21.4. The van der Waals surface area contributed by atoms with E-state index in [1.54, 1.807) is 7.11 Å². The van der Waals surface area contributed by atoms with E-state index in [0.717, 1.165) is 4.90 Å². The lowest BCUT2D eigenvalue weighted by Gasteiger charge is -2.13. The summed E-state index contributed by atoms with van der Waals surface area (Å²) in [6.07, 6.45) is 2.51. The highest BCUT2D eigenvalue weighted by Crippen LogP contribution is 2.02. The Labute approximate surface area is 225 Å². The molecule has 1 rings (SSSR count). The smallest absolute Gasteiger partial charge is 0.253 e. The van der Waals surface area contributed by atoms with Gasteiger partial charge in [-0.2, -0.15) is 0 Å². The van der Waals surface area contributed by atoms with E-state index in [1.807, 2.05) is 0 Å². The van der Waals surface area contributed by atoms with Crippen LogP contribution in [0.15, 0.2) is 12.2 Å². The molecule has 0 atom stereocenters. The highest BCUT2D eigenvalue weighted by atomic mass is 16.6. The maximum atomic E-state index is 11.4. The van der Waals surface area contributed by atoms with E-state index in [9.17, 15) is 9.59 Å². The lowest BCUT2D eigenvalue weighted by Crippen LogP contribution is -2.33. The average molecular weight is 552 g/mol. The molecule has 0 aromatic carbocycles. The Bertz CT molecular complexity index is 575. The predicted molar refractivity (Wildman–Crippen MR) is 135 cm³/mol. The zero-order chi connectivity index (χ0) is 27.4. The quantitative estimate of drug-likeness (QED) is 0.0859. The van der Waals surface area contributed by atoms with E-state index in [-0.39, 0.29) is 25.0 Å². The molecule has 1 aliphatic heterocycles. The van der Waals surface area contributed by atoms with Gasteiger partial charge in [-0.1, -0.05) is 0 Å². The summed E-state index contributed by atoms with van der Waals surface area (Å²) in [5.74, 6) is -0.609. The van der Waals surface area contributed by atoms with Crippen molar-refractivity contribution in [3.8, 4) is 0 Å². The Kier molecular flexibility index (Phi) is 24.6. The highest BCUT2D eigenvalue weighted by molar-refractivity contribution is 6.12. The molecule has 0 fully saturated rings. The standard InChI is InChI=1S/C25H45NO12/c1-29-6-7-31-10-11-33-14-15-35-18-19-37-22-23-38-21-20-36-17-16-34-13-12-32-9-8-30-5-4-26-24(27)2-3-25(26)28/h2-3H,4-23H2,1H3. The fraction of sp³-hybridized carbons (Fsp3) is 0.840. The van der Waals surface area contributed by atoms with Crippen LogP contribution < -0.4 is 0 Å². The zero-order valence-electron chi connectivity index (χ0n) is 22.6. The fourth-order valence-electron chi connectivity index (χ4n) is 2.81. The van der Waals surface area contributed by atoms with Gasteiger partial charge < -0.3 is 47.4 Å². The Morgan fingerprint density at radius 2 is 0.658 bits per heavy atom. The number of amides is 2. The van der Waals surface area contributed by atoms with Crippen LogP contribution in [-0.4, -0.2) is 156 Å². The normalized spacial score (nSPS) is 13.3. The molecule has 222 valence electrons. The van der Waals surface area contributed by atoms with Gasteiger partial charge in [0.1, 0.15) is 0 Å². The lowest BCUT2D eigenvalue weighted by atomic mass is 10.5. The molecular weight excluding hydrogens is 506 g/mol. The third-order valence-corrected chi connectivity index (χ3v) is 4.77. The van der Waals surface area contributed by atoms with Crippen LogP contribution in [0.2, 0.25) is 0 Å². The topological polar surface area (TPSA) is 130 Å². The molecule has 13 nitrogen and oxygen atoms in total. The summed E-state index contributed by atoms with van der Waals surface area (Å²) >= 11 is 0. The van der Waals surface area contributed by atoms with Crippen molar-refractivity contribution in [2.75, 3.05) is 139 Å². The maximum Gasteiger partial charge on any atom is 0.253 e. The Morgan fingerprint density at radius 3 is 0.921 bits per heavy atom. The van der Waals surface area contributed by atoms with Crippen LogP contribution in [0.4, 0.5) is 0 Å². The molecule has 0 aromatic heterocycles. The average Bonchev–Trinajstić information content (AvgIpc) is 3.24. The Morgan fingerprint density at radius 1 is 0.421 bits per heavy atom. The second-order valence-corrected chi connectivity index (χ2v) is 7.67. The van der Waals surface area contributed by atoms with Crippen LogP contribution in [0.1, 0.15) is 0 Å². The first-order chi connectivity index (χ1) is 18.8. The summed E-state index contributed by atoms with van der Waals surface area (Å²) in [6, 6.07) is 0. The van der Waals surface area contributed by atoms with Crippen molar-refractivity contribution in [3.63, 3.8) is 0 Å². The predicted octanol–water partition coefficient (Wildman–Crippen LogP) is -0.293. The summed E-state index contributed by atoms with van der Waals surface area (Å²) in [5.41, 5.74) is 0. The molecule has 0 aromatic rings. The van der Waals surface area contributed by atoms with Gasteiger partial charge in [0, 0.05) is 19.3 Å². The van der Waals surface area contributed by atoms with Crippen molar-refractivity contribution >= 4 is 11.8 Å². The van der Waals surface area contributed by atoms with Crippen LogP contribution >= 0.6 is 0 Å². The molecule has 38 heavy (non-hydrogen) atoms. The molecule has 0 aliphatic carbocycles. The minimum atomic E-state index is -0.304. The van der Waals surface area contributed by atoms with E-state index in [4.69, 9.17) is 47.4 Å². The number of rotatable bonds is 30. The molecule has 0 saturated heterocycles. The van der Waals surface area contributed by atoms with Crippen LogP contribution in [-0.2, 0) is 57.0 Å². The number of methoxy groups -OCH3 is 1. The van der Waals surface area contributed by atoms with Crippen molar-refractivity contribution in [1.82, 2.24) is 4.90 Å². The summed E-state index contributed by atoms with van der Waals surface area (Å²) in [5, 5.41) is 0. The van der Waals surface area contributed by atoms with Crippen molar-refractivity contribution < 1.29 is 57.0 Å². The highest BCUT2D eigenvalue weighted by Gasteiger charge is 2.22. The molecule has 0 unspecified atom stereocenters. The van der Waals surface area contributed by atoms with E-state index in [0.29, 0.717) is 119 Å². The van der Waals surface area contributed by atoms with Crippen LogP contribution in [0, 0.1) is 0 Å². The summed E-state index contributed by atoms with van der Waals surface area (Å²) in [7, 11) is 1.64. The molecule has 1 aliphatic rings. The summed E-state index contributed by atoms with van der Waals surface area (Å²) < 4.78 is 53.4. The van der Waals surface area contributed by atoms with E-state index < -0.39 is 0 Å². The first-order valence-electron chi connectivity index (χ1n) is 13.0. The first-order valence-corrected chi connectivity index (χ1v) is 13.0. The zero-order valence-corrected chi connectivity index (χ0v) is 22.6. The SMILES string of the molecule is COCCOCCOCCOCCOCCOCCOCCOCCOCCOCCN1C(=O)C=CC1=O. The second-order valence-electron chi connectivity index (χ2n) is 7.67. The minimum absolute atomic E-state index is 0.243. The largest absolute Gasteiger partial charge is 0.382 e. The van der Waals surface area contributed by atoms with Gasteiger partial charge in [-0.15, -0.1) is 0 Å². The van der Waals surface area contributed by atoms with Crippen molar-refractivity contribution in [3.05, 3.63) is 12.2 Å². The number of hydrogen-bond acceptors (Lipinski definition) is 12. The first kappa shape index (κ1) is 34.5. The van der Waals surface area contributed by atoms with E-state index in [2.05, 4.69) is 0 Å². The number of ether oxygens (including phenoxy) is 10. The molecule has 1 heterocycles. The molecule has 0 radical (unpaired) electrons. The van der Waals surface area contributed by atoms with Gasteiger partial charge in [0.15, 0.2) is 0 Å². The molecule has 0 spiro atoms. The van der Waals surface area contributed by atoms with Crippen LogP contribution in [0.3, 0.4) is 0 Å². The Hall–Kier alpha value is -1.52. The molecule has 2 amide bonds. The van der Waals surface area contributed by atoms with Gasteiger partial charge in [0.25, 0.3) is 11.8 Å². The lowest BCUT2D eigenvalue weighted by molar-refractivity contribution is -0.137. The van der Waals surface area contributed by atoms with E-state index in [1.165, 1.54) is 12.2 Å². The summed E-state index contributed by atoms with van der Waals surface area (Å²) in [6.45, 7) is 9.50. The van der Waals surface area contributed by atoms with Crippen molar-refractivity contribution in [2.45, 2.75) is 0 Å². The molecule has 0 bridgehead atoms. The van der Waals surface area contributed by atoms with Crippen molar-refractivity contribution in [1.29, 1.82) is 0 Å². The van der Waals surface area contributed by atoms with Crippen molar-refractivity contribution in [2.24, 2.45) is 0 Å². The molecular formula is C25H45NO12. The number of carbonyl (C=O) groups is 2. The fourth-order valence-corrected chi connectivity index (χ4v) is 2.81. The van der Waals surface area contributed by atoms with Gasteiger partial charge in [0.05, 0.1) is 132 Å². The van der Waals surface area contributed by atoms with Gasteiger partial charge in [-0.05, 0) is 0 Å². The van der Waals surface area contributed by atoms with E-state index >= 15 is 0 Å². The third-order valence-electron chi connectivity index (χ3n) is 4.77. The number of carbonyl (C=O) groups excluding carboxylic acids is 2. The van der Waals surface area contributed by atoms with Gasteiger partial charge in [0.2, 0.25) is 0 Å². The van der Waals surface area contributed by atoms with Gasteiger partial charge in [-0.3, -0.25) is 14.5 Å².